The molecule has 1 aromatic carbocycles. The van der Waals surface area contributed by atoms with Gasteiger partial charge in [0.1, 0.15) is 0 Å². The zero-order chi connectivity index (χ0) is 15.0. The van der Waals surface area contributed by atoms with Crippen molar-refractivity contribution in [2.24, 2.45) is 5.41 Å². The Morgan fingerprint density at radius 3 is 2.86 bits per heavy atom. The molecule has 0 aliphatic heterocycles. The van der Waals surface area contributed by atoms with Gasteiger partial charge in [0.2, 0.25) is 0 Å². The van der Waals surface area contributed by atoms with E-state index in [1.54, 1.807) is 0 Å². The van der Waals surface area contributed by atoms with Gasteiger partial charge in [0.05, 0.1) is 16.8 Å². The van der Waals surface area contributed by atoms with Crippen LogP contribution in [0.25, 0.3) is 11.0 Å². The summed E-state index contributed by atoms with van der Waals surface area (Å²) in [4.78, 5) is 15.5. The maximum Gasteiger partial charge on any atom is 0.313 e. The highest BCUT2D eigenvalue weighted by Crippen LogP contribution is 2.50. The topological polar surface area (TPSA) is 55.1 Å². The number of aryl methyl sites for hydroxylation is 1. The van der Waals surface area contributed by atoms with Crippen LogP contribution in [0.15, 0.2) is 23.4 Å². The van der Waals surface area contributed by atoms with Crippen molar-refractivity contribution in [3.05, 3.63) is 23.8 Å². The first-order chi connectivity index (χ1) is 10.0. The van der Waals surface area contributed by atoms with Gasteiger partial charge in [-0.2, -0.15) is 0 Å². The van der Waals surface area contributed by atoms with Crippen LogP contribution >= 0.6 is 11.8 Å². The van der Waals surface area contributed by atoms with Crippen molar-refractivity contribution in [3.8, 4) is 0 Å². The summed E-state index contributed by atoms with van der Waals surface area (Å²) in [5, 5.41) is 9.75. The molecule has 1 N–H and O–H groups in total. The average Bonchev–Trinajstić information content (AvgIpc) is 3.15. The Bertz CT molecular complexity index is 689. The SMILES string of the molecule is CCC1(Cn2c(SCC(=O)O)nc3ccc(C)cc32)CC1. The Hall–Kier alpha value is -1.49. The van der Waals surface area contributed by atoms with Crippen LogP contribution in [-0.2, 0) is 11.3 Å². The molecule has 1 heterocycles. The highest BCUT2D eigenvalue weighted by molar-refractivity contribution is 7.99. The fraction of sp³-hybridized carbons (Fsp3) is 0.500. The number of aromatic nitrogens is 2. The molecule has 0 spiro atoms. The fourth-order valence-electron chi connectivity index (χ4n) is 2.74. The number of benzene rings is 1. The Morgan fingerprint density at radius 1 is 1.48 bits per heavy atom. The molecule has 21 heavy (non-hydrogen) atoms. The van der Waals surface area contributed by atoms with Crippen molar-refractivity contribution in [2.45, 2.75) is 44.8 Å². The molecular formula is C16H20N2O2S. The van der Waals surface area contributed by atoms with E-state index in [-0.39, 0.29) is 5.75 Å². The van der Waals surface area contributed by atoms with Gasteiger partial charge in [-0.15, -0.1) is 0 Å². The number of hydrogen-bond acceptors (Lipinski definition) is 3. The number of carbonyl (C=O) groups is 1. The van der Waals surface area contributed by atoms with E-state index in [1.165, 1.54) is 36.6 Å². The van der Waals surface area contributed by atoms with Crippen LogP contribution in [0.3, 0.4) is 0 Å². The van der Waals surface area contributed by atoms with Crippen LogP contribution in [0, 0.1) is 12.3 Å². The van der Waals surface area contributed by atoms with Crippen molar-refractivity contribution in [1.29, 1.82) is 0 Å². The van der Waals surface area contributed by atoms with Gasteiger partial charge in [0, 0.05) is 6.54 Å². The zero-order valence-corrected chi connectivity index (χ0v) is 13.2. The Labute approximate surface area is 128 Å². The molecule has 3 rings (SSSR count). The van der Waals surface area contributed by atoms with Crippen LogP contribution in [0.1, 0.15) is 31.7 Å². The molecule has 0 unspecified atom stereocenters. The van der Waals surface area contributed by atoms with E-state index >= 15 is 0 Å². The number of nitrogens with zero attached hydrogens (tertiary/aromatic N) is 2. The summed E-state index contributed by atoms with van der Waals surface area (Å²) in [5.74, 6) is -0.743. The summed E-state index contributed by atoms with van der Waals surface area (Å²) in [6, 6.07) is 6.23. The first kappa shape index (κ1) is 14.4. The molecule has 0 amide bonds. The van der Waals surface area contributed by atoms with Gasteiger partial charge in [-0.25, -0.2) is 4.98 Å². The van der Waals surface area contributed by atoms with Crippen molar-refractivity contribution < 1.29 is 9.90 Å². The lowest BCUT2D eigenvalue weighted by molar-refractivity contribution is -0.133. The number of imidazole rings is 1. The van der Waals surface area contributed by atoms with E-state index in [2.05, 4.69) is 35.5 Å². The normalized spacial score (nSPS) is 16.3. The summed E-state index contributed by atoms with van der Waals surface area (Å²) >= 11 is 1.32. The summed E-state index contributed by atoms with van der Waals surface area (Å²) in [6.07, 6.45) is 3.69. The van der Waals surface area contributed by atoms with Gasteiger partial charge in [-0.3, -0.25) is 4.79 Å². The Balaban J connectivity index is 2.01. The summed E-state index contributed by atoms with van der Waals surface area (Å²) in [5.41, 5.74) is 3.69. The molecule has 0 radical (unpaired) electrons. The second-order valence-electron chi connectivity index (χ2n) is 6.01. The summed E-state index contributed by atoms with van der Waals surface area (Å²) in [7, 11) is 0. The van der Waals surface area contributed by atoms with Crippen LogP contribution in [-0.4, -0.2) is 26.4 Å². The molecule has 0 saturated heterocycles. The predicted molar refractivity (Wildman–Crippen MR) is 84.8 cm³/mol. The van der Waals surface area contributed by atoms with Gasteiger partial charge in [-0.1, -0.05) is 24.8 Å². The highest BCUT2D eigenvalue weighted by atomic mass is 32.2. The number of rotatable bonds is 6. The molecular weight excluding hydrogens is 284 g/mol. The van der Waals surface area contributed by atoms with Crippen LogP contribution < -0.4 is 0 Å². The smallest absolute Gasteiger partial charge is 0.313 e. The average molecular weight is 304 g/mol. The largest absolute Gasteiger partial charge is 0.481 e. The van der Waals surface area contributed by atoms with Crippen LogP contribution in [0.5, 0.6) is 0 Å². The molecule has 4 nitrogen and oxygen atoms in total. The van der Waals surface area contributed by atoms with Gasteiger partial charge in [0.25, 0.3) is 0 Å². The minimum absolute atomic E-state index is 0.0570. The van der Waals surface area contributed by atoms with E-state index in [4.69, 9.17) is 5.11 Å². The first-order valence-corrected chi connectivity index (χ1v) is 8.33. The maximum absolute atomic E-state index is 10.8. The minimum atomic E-state index is -0.800. The lowest BCUT2D eigenvalue weighted by Crippen LogP contribution is -2.12. The second-order valence-corrected chi connectivity index (χ2v) is 6.95. The molecule has 1 saturated carbocycles. The number of carboxylic acid groups (broad SMARTS) is 1. The van der Waals surface area contributed by atoms with E-state index in [1.807, 2.05) is 6.07 Å². The molecule has 0 bridgehead atoms. The number of thioether (sulfide) groups is 1. The second kappa shape index (κ2) is 5.37. The van der Waals surface area contributed by atoms with Crippen LogP contribution in [0.2, 0.25) is 0 Å². The van der Waals surface area contributed by atoms with E-state index < -0.39 is 5.97 Å². The number of aliphatic carboxylic acids is 1. The monoisotopic (exact) mass is 304 g/mol. The Kier molecular flexibility index (Phi) is 3.69. The lowest BCUT2D eigenvalue weighted by atomic mass is 10.0. The first-order valence-electron chi connectivity index (χ1n) is 7.34. The maximum atomic E-state index is 10.8. The molecule has 5 heteroatoms. The molecule has 1 aliphatic rings. The van der Waals surface area contributed by atoms with Gasteiger partial charge in [0.15, 0.2) is 5.16 Å². The zero-order valence-electron chi connectivity index (χ0n) is 12.4. The quantitative estimate of drug-likeness (QED) is 0.827. The third-order valence-corrected chi connectivity index (χ3v) is 5.36. The molecule has 1 aromatic heterocycles. The van der Waals surface area contributed by atoms with Crippen molar-refractivity contribution in [1.82, 2.24) is 9.55 Å². The summed E-state index contributed by atoms with van der Waals surface area (Å²) < 4.78 is 2.23. The van der Waals surface area contributed by atoms with Gasteiger partial charge < -0.3 is 9.67 Å². The van der Waals surface area contributed by atoms with Gasteiger partial charge in [-0.05, 0) is 49.3 Å². The third kappa shape index (κ3) is 2.93. The van der Waals surface area contributed by atoms with Crippen molar-refractivity contribution in [3.63, 3.8) is 0 Å². The summed E-state index contributed by atoms with van der Waals surface area (Å²) in [6.45, 7) is 5.26. The predicted octanol–water partition coefficient (Wildman–Crippen LogP) is 3.71. The molecule has 112 valence electrons. The molecule has 2 aromatic rings. The number of carboxylic acids is 1. The molecule has 0 atom stereocenters. The van der Waals surface area contributed by atoms with Crippen molar-refractivity contribution >= 4 is 28.8 Å². The standard InChI is InChI=1S/C16H20N2O2S/c1-3-16(6-7-16)10-18-13-8-11(2)4-5-12(13)17-15(18)21-9-14(19)20/h4-5,8H,3,6-7,9-10H2,1-2H3,(H,19,20). The minimum Gasteiger partial charge on any atom is -0.481 e. The molecule has 1 aliphatic carbocycles. The third-order valence-electron chi connectivity index (χ3n) is 4.39. The van der Waals surface area contributed by atoms with Crippen LogP contribution in [0.4, 0.5) is 0 Å². The molecule has 1 fully saturated rings. The number of fused-ring (bicyclic) bond motifs is 1. The van der Waals surface area contributed by atoms with Gasteiger partial charge >= 0.3 is 5.97 Å². The fourth-order valence-corrected chi connectivity index (χ4v) is 3.47. The van der Waals surface area contributed by atoms with Crippen molar-refractivity contribution in [2.75, 3.05) is 5.75 Å². The van der Waals surface area contributed by atoms with E-state index in [0.717, 1.165) is 22.7 Å². The lowest BCUT2D eigenvalue weighted by Gasteiger charge is -2.16. The number of hydrogen-bond donors (Lipinski definition) is 1. The Morgan fingerprint density at radius 2 is 2.24 bits per heavy atom. The van der Waals surface area contributed by atoms with E-state index in [0.29, 0.717) is 5.41 Å². The van der Waals surface area contributed by atoms with E-state index in [9.17, 15) is 4.79 Å². The highest BCUT2D eigenvalue weighted by Gasteiger charge is 2.41.